The van der Waals surface area contributed by atoms with Crippen LogP contribution in [0.3, 0.4) is 0 Å². The van der Waals surface area contributed by atoms with E-state index in [2.05, 4.69) is 20.4 Å². The van der Waals surface area contributed by atoms with Crippen LogP contribution in [0.25, 0.3) is 5.65 Å². The first kappa shape index (κ1) is 29.3. The highest BCUT2D eigenvalue weighted by atomic mass is 19.3. The number of carbonyl (C=O) groups is 2. The minimum atomic E-state index is -2.80. The van der Waals surface area contributed by atoms with Gasteiger partial charge in [0.2, 0.25) is 0 Å². The fourth-order valence-corrected chi connectivity index (χ4v) is 5.05. The lowest BCUT2D eigenvalue weighted by molar-refractivity contribution is -0.104. The van der Waals surface area contributed by atoms with E-state index >= 15 is 0 Å². The van der Waals surface area contributed by atoms with Crippen molar-refractivity contribution >= 4 is 41.2 Å². The average Bonchev–Trinajstić information content (AvgIpc) is 3.51. The molecule has 42 heavy (non-hydrogen) atoms. The van der Waals surface area contributed by atoms with Crippen molar-refractivity contribution < 1.29 is 28.2 Å². The number of aromatic nitrogens is 4. The third-order valence-electron chi connectivity index (χ3n) is 7.24. The van der Waals surface area contributed by atoms with Crippen LogP contribution in [0.2, 0.25) is 0 Å². The summed E-state index contributed by atoms with van der Waals surface area (Å²) >= 11 is 0. The van der Waals surface area contributed by atoms with Crippen LogP contribution in [0, 0.1) is 5.92 Å². The number of aliphatic imine (C=N–C) groups is 1. The predicted octanol–water partition coefficient (Wildman–Crippen LogP) is 4.35. The number of carbonyl (C=O) groups excluding carboxylic acids is 2. The van der Waals surface area contributed by atoms with Gasteiger partial charge in [-0.05, 0) is 58.1 Å². The van der Waals surface area contributed by atoms with Crippen molar-refractivity contribution in [2.75, 3.05) is 17.3 Å². The minimum absolute atomic E-state index is 0.0271. The van der Waals surface area contributed by atoms with Crippen molar-refractivity contribution in [2.24, 2.45) is 10.9 Å². The first-order valence-electron chi connectivity index (χ1n) is 13.7. The second-order valence-corrected chi connectivity index (χ2v) is 11.8. The number of ether oxygens (including phenoxy) is 1. The average molecular weight is 586 g/mol. The van der Waals surface area contributed by atoms with E-state index in [4.69, 9.17) is 4.74 Å². The number of hydrogen-bond acceptors (Lipinski definition) is 8. The molecule has 2 aliphatic carbocycles. The van der Waals surface area contributed by atoms with Gasteiger partial charge in [-0.3, -0.25) is 14.5 Å². The molecular weight excluding hydrogens is 552 g/mol. The fraction of sp³-hybridized carbons (Fsp3) is 0.500. The molecule has 0 aromatic carbocycles. The zero-order chi connectivity index (χ0) is 30.4. The molecule has 3 aromatic rings. The van der Waals surface area contributed by atoms with Gasteiger partial charge in [0, 0.05) is 44.4 Å². The second-order valence-electron chi connectivity index (χ2n) is 11.8. The van der Waals surface area contributed by atoms with Gasteiger partial charge in [-0.2, -0.15) is 9.61 Å². The van der Waals surface area contributed by atoms with Crippen LogP contribution in [-0.4, -0.2) is 67.2 Å². The number of fused-ring (bicyclic) bond motifs is 1. The maximum absolute atomic E-state index is 13.5. The highest BCUT2D eigenvalue weighted by Gasteiger charge is 2.46. The predicted molar refractivity (Wildman–Crippen MR) is 151 cm³/mol. The van der Waals surface area contributed by atoms with Gasteiger partial charge in [0.1, 0.15) is 28.5 Å². The smallest absolute Gasteiger partial charge is 0.415 e. The lowest BCUT2D eigenvalue weighted by Gasteiger charge is -2.36. The number of rotatable bonds is 6. The number of anilines is 3. The molecule has 2 saturated carbocycles. The van der Waals surface area contributed by atoms with Crippen molar-refractivity contribution in [2.45, 2.75) is 76.5 Å². The van der Waals surface area contributed by atoms with Gasteiger partial charge in [0.15, 0.2) is 5.65 Å². The topological polar surface area (TPSA) is 143 Å². The van der Waals surface area contributed by atoms with Crippen LogP contribution in [0.1, 0.15) is 69.3 Å². The molecule has 14 heteroatoms. The molecule has 0 bridgehead atoms. The molecule has 2 N–H and O–H groups in total. The van der Waals surface area contributed by atoms with Crippen LogP contribution in [0.5, 0.6) is 0 Å². The quantitative estimate of drug-likeness (QED) is 0.407. The highest BCUT2D eigenvalue weighted by Crippen LogP contribution is 2.44. The Balaban J connectivity index is 1.52. The Morgan fingerprint density at radius 2 is 2.02 bits per heavy atom. The molecule has 3 heterocycles. The van der Waals surface area contributed by atoms with Gasteiger partial charge >= 0.3 is 6.09 Å². The first-order valence-corrected chi connectivity index (χ1v) is 13.7. The van der Waals surface area contributed by atoms with E-state index in [9.17, 15) is 28.3 Å². The molecule has 1 unspecified atom stereocenters. The van der Waals surface area contributed by atoms with Gasteiger partial charge in [0.25, 0.3) is 17.4 Å². The lowest BCUT2D eigenvalue weighted by Crippen LogP contribution is -2.41. The summed E-state index contributed by atoms with van der Waals surface area (Å²) in [6, 6.07) is 3.88. The number of nitrogens with one attached hydrogen (secondary N) is 1. The maximum atomic E-state index is 13.5. The largest absolute Gasteiger partial charge is 0.443 e. The molecule has 224 valence electrons. The first-order chi connectivity index (χ1) is 19.7. The summed E-state index contributed by atoms with van der Waals surface area (Å²) < 4.78 is 35.0. The van der Waals surface area contributed by atoms with E-state index in [1.54, 1.807) is 26.8 Å². The Morgan fingerprint density at radius 3 is 2.67 bits per heavy atom. The van der Waals surface area contributed by atoms with E-state index in [1.807, 2.05) is 0 Å². The van der Waals surface area contributed by atoms with Gasteiger partial charge in [-0.25, -0.2) is 23.6 Å². The Labute approximate surface area is 240 Å². The zero-order valence-corrected chi connectivity index (χ0v) is 23.8. The second kappa shape index (κ2) is 10.9. The van der Waals surface area contributed by atoms with Crippen LogP contribution < -0.4 is 15.8 Å². The Morgan fingerprint density at radius 1 is 1.29 bits per heavy atom. The van der Waals surface area contributed by atoms with E-state index in [-0.39, 0.29) is 34.5 Å². The summed E-state index contributed by atoms with van der Waals surface area (Å²) in [5.41, 5.74) is -1.13. The summed E-state index contributed by atoms with van der Waals surface area (Å²) in [5.74, 6) is -3.17. The fourth-order valence-electron chi connectivity index (χ4n) is 5.05. The number of pyridine rings is 1. The van der Waals surface area contributed by atoms with Gasteiger partial charge in [-0.15, -0.1) is 0 Å². The molecule has 0 saturated heterocycles. The van der Waals surface area contributed by atoms with Gasteiger partial charge in [0.05, 0.1) is 12.3 Å². The van der Waals surface area contributed by atoms with E-state index in [1.165, 1.54) is 51.8 Å². The molecular formula is C28H33F2N7O5. The molecule has 0 aliphatic heterocycles. The third-order valence-corrected chi connectivity index (χ3v) is 7.24. The van der Waals surface area contributed by atoms with Crippen molar-refractivity contribution in [1.29, 1.82) is 0 Å². The monoisotopic (exact) mass is 585 g/mol. The van der Waals surface area contributed by atoms with E-state index in [0.29, 0.717) is 12.8 Å². The molecule has 2 aliphatic rings. The Hall–Kier alpha value is -4.20. The Bertz CT molecular complexity index is 1600. The molecule has 2 amide bonds. The standard InChI is InChI=1S/C28H33F2N7O5/c1-27(2,3)42-26(41)35(4)22-11-21(33-20-6-5-9-36(25(20)40)17-12-28(29,30)13-17)34-23-19(15-32-37(22)23)24(39)31-14-16-7-8-18(38)10-16/h5-6,9,11,14-18,38H,7-8,10,12-13H2,1-4H3,(H,33,34)/t16?,18-/m0/s1. The molecule has 0 radical (unpaired) electrons. The summed E-state index contributed by atoms with van der Waals surface area (Å²) in [4.78, 5) is 49.0. The van der Waals surface area contributed by atoms with E-state index in [0.717, 1.165) is 6.42 Å². The third kappa shape index (κ3) is 6.17. The number of alkyl halides is 2. The number of hydrogen-bond donors (Lipinski definition) is 2. The summed E-state index contributed by atoms with van der Waals surface area (Å²) in [5, 5.41) is 17.0. The van der Waals surface area contributed by atoms with Gasteiger partial charge < -0.3 is 19.7 Å². The summed E-state index contributed by atoms with van der Waals surface area (Å²) in [6.07, 6.45) is 4.19. The van der Waals surface area contributed by atoms with Crippen LogP contribution >= 0.6 is 0 Å². The molecule has 12 nitrogen and oxygen atoms in total. The van der Waals surface area contributed by atoms with Crippen molar-refractivity contribution in [3.63, 3.8) is 0 Å². The zero-order valence-electron chi connectivity index (χ0n) is 23.8. The molecule has 2 atom stereocenters. The number of aliphatic hydroxyl groups excluding tert-OH is 1. The van der Waals surface area contributed by atoms with Gasteiger partial charge in [-0.1, -0.05) is 0 Å². The Kier molecular flexibility index (Phi) is 7.60. The minimum Gasteiger partial charge on any atom is -0.443 e. The maximum Gasteiger partial charge on any atom is 0.415 e. The highest BCUT2D eigenvalue weighted by molar-refractivity contribution is 6.04. The summed E-state index contributed by atoms with van der Waals surface area (Å²) in [6.45, 7) is 5.16. The number of halogens is 2. The van der Waals surface area contributed by atoms with Crippen molar-refractivity contribution in [3.05, 3.63) is 46.5 Å². The molecule has 0 spiro atoms. The number of nitrogens with zero attached hydrogens (tertiary/aromatic N) is 6. The number of amides is 2. The summed E-state index contributed by atoms with van der Waals surface area (Å²) in [7, 11) is 1.46. The SMILES string of the molecule is CN(C(=O)OC(C)(C)C)c1cc(Nc2cccn(C3CC(F)(F)C3)c2=O)nc2c(C(=O)N=CC3CC[C@H](O)C3)cnn12. The van der Waals surface area contributed by atoms with Crippen molar-refractivity contribution in [1.82, 2.24) is 19.2 Å². The van der Waals surface area contributed by atoms with Crippen LogP contribution in [0.4, 0.5) is 30.9 Å². The molecule has 2 fully saturated rings. The number of aliphatic hydroxyl groups is 1. The molecule has 3 aromatic heterocycles. The van der Waals surface area contributed by atoms with Crippen molar-refractivity contribution in [3.8, 4) is 0 Å². The normalized spacial score (nSPS) is 20.5. The molecule has 5 rings (SSSR count). The van der Waals surface area contributed by atoms with Crippen LogP contribution in [-0.2, 0) is 4.74 Å². The lowest BCUT2D eigenvalue weighted by atomic mass is 9.88. The van der Waals surface area contributed by atoms with E-state index < -0.39 is 54.1 Å². The van der Waals surface area contributed by atoms with Crippen LogP contribution in [0.15, 0.2) is 40.4 Å².